The third kappa shape index (κ3) is 4.57. The molecule has 2 aromatic carbocycles. The molecule has 0 aliphatic heterocycles. The summed E-state index contributed by atoms with van der Waals surface area (Å²) in [5.74, 6) is -0.441. The molecule has 2 heterocycles. The van der Waals surface area contributed by atoms with Crippen molar-refractivity contribution in [1.82, 2.24) is 25.0 Å². The van der Waals surface area contributed by atoms with Crippen LogP contribution in [0.1, 0.15) is 11.1 Å². The number of nitrogens with one attached hydrogen (secondary N) is 1. The molecule has 4 aromatic rings. The Balaban J connectivity index is 1.45. The molecule has 0 saturated heterocycles. The second-order valence-electron chi connectivity index (χ2n) is 6.43. The minimum absolute atomic E-state index is 0.133. The van der Waals surface area contributed by atoms with Gasteiger partial charge in [0.2, 0.25) is 5.91 Å². The zero-order chi connectivity index (χ0) is 20.2. The van der Waals surface area contributed by atoms with Crippen LogP contribution >= 0.6 is 11.8 Å². The number of carbonyl (C=O) groups excluding carboxylic acids is 1. The highest BCUT2D eigenvalue weighted by Gasteiger charge is 2.14. The molecule has 0 fully saturated rings. The lowest BCUT2D eigenvalue weighted by atomic mass is 10.1. The van der Waals surface area contributed by atoms with Crippen molar-refractivity contribution < 1.29 is 9.18 Å². The van der Waals surface area contributed by atoms with E-state index in [1.807, 2.05) is 31.2 Å². The van der Waals surface area contributed by atoms with Crippen LogP contribution < -0.4 is 5.32 Å². The van der Waals surface area contributed by atoms with Crippen LogP contribution in [0.4, 0.5) is 10.1 Å². The summed E-state index contributed by atoms with van der Waals surface area (Å²) in [4.78, 5) is 20.7. The maximum atomic E-state index is 13.0. The molecule has 0 aliphatic rings. The topological polar surface area (TPSA) is 85.6 Å². The average Bonchev–Trinajstić information content (AvgIpc) is 3.13. The number of aryl methyl sites for hydroxylation is 1. The van der Waals surface area contributed by atoms with Crippen LogP contribution in [0.5, 0.6) is 0 Å². The predicted octanol–water partition coefficient (Wildman–Crippen LogP) is 3.45. The van der Waals surface area contributed by atoms with E-state index in [1.54, 1.807) is 4.68 Å². The number of halogens is 1. The number of amides is 1. The average molecular weight is 408 g/mol. The van der Waals surface area contributed by atoms with Crippen LogP contribution in [0, 0.1) is 12.7 Å². The molecule has 7 nitrogen and oxygen atoms in total. The summed E-state index contributed by atoms with van der Waals surface area (Å²) in [5.41, 5.74) is 3.99. The maximum Gasteiger partial charge on any atom is 0.234 e. The highest BCUT2D eigenvalue weighted by atomic mass is 32.2. The smallest absolute Gasteiger partial charge is 0.234 e. The molecule has 146 valence electrons. The molecule has 0 saturated carbocycles. The van der Waals surface area contributed by atoms with Crippen molar-refractivity contribution in [3.8, 4) is 0 Å². The van der Waals surface area contributed by atoms with E-state index in [-0.39, 0.29) is 17.5 Å². The number of carbonyl (C=O) groups is 1. The lowest BCUT2D eigenvalue weighted by molar-refractivity contribution is -0.113. The molecule has 1 N–H and O–H groups in total. The largest absolute Gasteiger partial charge is 0.325 e. The predicted molar refractivity (Wildman–Crippen MR) is 109 cm³/mol. The molecule has 1 amide bonds. The Labute approximate surface area is 170 Å². The third-order valence-corrected chi connectivity index (χ3v) is 5.17. The van der Waals surface area contributed by atoms with E-state index < -0.39 is 0 Å². The van der Waals surface area contributed by atoms with Crippen molar-refractivity contribution >= 4 is 34.5 Å². The number of fused-ring (bicyclic) bond motifs is 1. The first-order valence-corrected chi connectivity index (χ1v) is 9.85. The first kappa shape index (κ1) is 19.0. The number of rotatable bonds is 6. The standard InChI is InChI=1S/C20H17FN6OS/c1-13-2-4-14(5-3-13)10-27-19-18(25-26-27)20(23-12-22-19)29-11-17(28)24-16-8-6-15(21)7-9-16/h2-9,12H,10-11H2,1H3,(H,24,28). The van der Waals surface area contributed by atoms with Crippen LogP contribution in [-0.2, 0) is 11.3 Å². The summed E-state index contributed by atoms with van der Waals surface area (Å²) >= 11 is 1.25. The van der Waals surface area contributed by atoms with E-state index in [1.165, 1.54) is 47.9 Å². The van der Waals surface area contributed by atoms with E-state index in [0.717, 1.165) is 5.56 Å². The molecule has 29 heavy (non-hydrogen) atoms. The van der Waals surface area contributed by atoms with Crippen molar-refractivity contribution in [3.63, 3.8) is 0 Å². The highest BCUT2D eigenvalue weighted by Crippen LogP contribution is 2.23. The zero-order valence-electron chi connectivity index (χ0n) is 15.5. The van der Waals surface area contributed by atoms with Crippen molar-refractivity contribution in [1.29, 1.82) is 0 Å². The van der Waals surface area contributed by atoms with E-state index in [0.29, 0.717) is 28.4 Å². The van der Waals surface area contributed by atoms with Crippen LogP contribution in [0.2, 0.25) is 0 Å². The van der Waals surface area contributed by atoms with Crippen LogP contribution in [0.3, 0.4) is 0 Å². The van der Waals surface area contributed by atoms with Gasteiger partial charge >= 0.3 is 0 Å². The van der Waals surface area contributed by atoms with Crippen LogP contribution in [0.15, 0.2) is 59.9 Å². The van der Waals surface area contributed by atoms with Gasteiger partial charge in [-0.05, 0) is 36.8 Å². The Morgan fingerprint density at radius 2 is 1.86 bits per heavy atom. The van der Waals surface area contributed by atoms with E-state index in [9.17, 15) is 9.18 Å². The van der Waals surface area contributed by atoms with Crippen molar-refractivity contribution in [2.75, 3.05) is 11.1 Å². The SMILES string of the molecule is Cc1ccc(Cn2nnc3c(SCC(=O)Nc4ccc(F)cc4)ncnc32)cc1. The zero-order valence-corrected chi connectivity index (χ0v) is 16.4. The van der Waals surface area contributed by atoms with E-state index in [2.05, 4.69) is 25.6 Å². The number of thioether (sulfide) groups is 1. The van der Waals surface area contributed by atoms with E-state index >= 15 is 0 Å². The van der Waals surface area contributed by atoms with Gasteiger partial charge in [0.1, 0.15) is 17.2 Å². The fraction of sp³-hybridized carbons (Fsp3) is 0.150. The number of benzene rings is 2. The van der Waals surface area contributed by atoms with E-state index in [4.69, 9.17) is 0 Å². The molecule has 0 bridgehead atoms. The van der Waals surface area contributed by atoms with Gasteiger partial charge in [-0.1, -0.05) is 46.8 Å². The van der Waals surface area contributed by atoms with Gasteiger partial charge in [0.05, 0.1) is 12.3 Å². The monoisotopic (exact) mass is 408 g/mol. The van der Waals surface area contributed by atoms with Gasteiger partial charge in [0, 0.05) is 5.69 Å². The summed E-state index contributed by atoms with van der Waals surface area (Å²) in [6.07, 6.45) is 1.44. The fourth-order valence-electron chi connectivity index (χ4n) is 2.71. The van der Waals surface area contributed by atoms with Gasteiger partial charge in [-0.25, -0.2) is 19.0 Å². The van der Waals surface area contributed by atoms with Gasteiger partial charge in [-0.2, -0.15) is 0 Å². The van der Waals surface area contributed by atoms with Crippen LogP contribution in [-0.4, -0.2) is 36.6 Å². The van der Waals surface area contributed by atoms with Gasteiger partial charge in [0.15, 0.2) is 11.2 Å². The molecule has 2 aromatic heterocycles. The summed E-state index contributed by atoms with van der Waals surface area (Å²) in [6, 6.07) is 13.8. The van der Waals surface area contributed by atoms with Crippen molar-refractivity contribution in [2.24, 2.45) is 0 Å². The molecule has 4 rings (SSSR count). The summed E-state index contributed by atoms with van der Waals surface area (Å²) in [7, 11) is 0. The number of hydrogen-bond donors (Lipinski definition) is 1. The lowest BCUT2D eigenvalue weighted by Gasteiger charge is -2.05. The Hall–Kier alpha value is -3.33. The lowest BCUT2D eigenvalue weighted by Crippen LogP contribution is -2.14. The van der Waals surface area contributed by atoms with Crippen LogP contribution in [0.25, 0.3) is 11.2 Å². The normalized spacial score (nSPS) is 11.0. The van der Waals surface area contributed by atoms with Gasteiger partial charge in [-0.3, -0.25) is 4.79 Å². The second-order valence-corrected chi connectivity index (χ2v) is 7.39. The molecule has 0 aliphatic carbocycles. The number of anilines is 1. The van der Waals surface area contributed by atoms with Crippen molar-refractivity contribution in [2.45, 2.75) is 18.5 Å². The Morgan fingerprint density at radius 1 is 1.10 bits per heavy atom. The number of aromatic nitrogens is 5. The number of hydrogen-bond acceptors (Lipinski definition) is 6. The molecule has 0 atom stereocenters. The minimum Gasteiger partial charge on any atom is -0.325 e. The quantitative estimate of drug-likeness (QED) is 0.389. The van der Waals surface area contributed by atoms with Gasteiger partial charge < -0.3 is 5.32 Å². The Kier molecular flexibility index (Phi) is 5.48. The first-order chi connectivity index (χ1) is 14.1. The summed E-state index contributed by atoms with van der Waals surface area (Å²) in [6.45, 7) is 2.58. The second kappa shape index (κ2) is 8.36. The molecular formula is C20H17FN6OS. The van der Waals surface area contributed by atoms with Gasteiger partial charge in [-0.15, -0.1) is 5.10 Å². The molecule has 0 spiro atoms. The molecule has 9 heteroatoms. The number of nitrogens with zero attached hydrogens (tertiary/aromatic N) is 5. The molecule has 0 unspecified atom stereocenters. The minimum atomic E-state index is -0.352. The Bertz CT molecular complexity index is 1140. The third-order valence-electron chi connectivity index (χ3n) is 4.19. The molecular weight excluding hydrogens is 391 g/mol. The maximum absolute atomic E-state index is 13.0. The Morgan fingerprint density at radius 3 is 2.62 bits per heavy atom. The van der Waals surface area contributed by atoms with Gasteiger partial charge in [0.25, 0.3) is 0 Å². The fourth-order valence-corrected chi connectivity index (χ4v) is 3.44. The summed E-state index contributed by atoms with van der Waals surface area (Å²) < 4.78 is 14.7. The highest BCUT2D eigenvalue weighted by molar-refractivity contribution is 8.00. The van der Waals surface area contributed by atoms with Crippen molar-refractivity contribution in [3.05, 3.63) is 71.8 Å². The molecule has 0 radical (unpaired) electrons. The first-order valence-electron chi connectivity index (χ1n) is 8.86. The summed E-state index contributed by atoms with van der Waals surface area (Å²) in [5, 5.41) is 11.7.